The number of nitrogens with zero attached hydrogens (tertiary/aromatic N) is 2. The van der Waals surface area contributed by atoms with E-state index in [2.05, 4.69) is 111 Å². The lowest BCUT2D eigenvalue weighted by molar-refractivity contribution is -0.124. The molecule has 0 atom stereocenters. The van der Waals surface area contributed by atoms with E-state index in [1.807, 2.05) is 9.80 Å². The molecule has 10 heteroatoms. The Bertz CT molecular complexity index is 2040. The van der Waals surface area contributed by atoms with Gasteiger partial charge in [0.15, 0.2) is 0 Å². The van der Waals surface area contributed by atoms with Crippen molar-refractivity contribution >= 4 is 91.2 Å². The Kier molecular flexibility index (Phi) is 8.51. The maximum absolute atomic E-state index is 14.6. The smallest absolute Gasteiger partial charge is 0.261 e. The summed E-state index contributed by atoms with van der Waals surface area (Å²) in [6.07, 6.45) is 0. The van der Waals surface area contributed by atoms with E-state index in [0.717, 1.165) is 30.9 Å². The number of hydrogen-bond donors (Lipinski definition) is 0. The Labute approximate surface area is 304 Å². The molecule has 0 radical (unpaired) electrons. The average Bonchev–Trinajstić information content (AvgIpc) is 3.90. The molecule has 2 aliphatic rings. The number of amides is 2. The maximum atomic E-state index is 14.6. The van der Waals surface area contributed by atoms with E-state index in [4.69, 9.17) is 0 Å². The second-order valence-corrected chi connectivity index (χ2v) is 18.9. The molecular weight excluding hydrogens is 709 g/mol. The van der Waals surface area contributed by atoms with Crippen molar-refractivity contribution in [2.75, 3.05) is 13.1 Å². The van der Waals surface area contributed by atoms with E-state index in [1.54, 1.807) is 68.0 Å². The molecule has 0 spiro atoms. The molecule has 0 aromatic carbocycles. The first-order chi connectivity index (χ1) is 23.3. The zero-order valence-corrected chi connectivity index (χ0v) is 31.7. The minimum atomic E-state index is -0.0691. The Morgan fingerprint density at radius 1 is 0.458 bits per heavy atom. The lowest BCUT2D eigenvalue weighted by Crippen LogP contribution is -2.33. The normalized spacial score (nSPS) is 15.0. The third-order valence-electron chi connectivity index (χ3n) is 8.18. The molecular formula is C38H32N2O2S6. The minimum absolute atomic E-state index is 0.0691. The van der Waals surface area contributed by atoms with Crippen LogP contribution in [0, 0.1) is 11.8 Å². The van der Waals surface area contributed by atoms with Crippen LogP contribution in [0.25, 0.3) is 50.4 Å². The summed E-state index contributed by atoms with van der Waals surface area (Å²) >= 11 is 10.4. The second-order valence-electron chi connectivity index (χ2n) is 12.7. The summed E-state index contributed by atoms with van der Waals surface area (Å²) in [6, 6.07) is 25.7. The molecule has 0 bridgehead atoms. The van der Waals surface area contributed by atoms with Crippen molar-refractivity contribution in [2.24, 2.45) is 11.8 Å². The van der Waals surface area contributed by atoms with Crippen molar-refractivity contribution in [1.29, 1.82) is 0 Å². The van der Waals surface area contributed by atoms with Crippen LogP contribution in [0.5, 0.6) is 0 Å². The van der Waals surface area contributed by atoms with Crippen molar-refractivity contribution < 1.29 is 9.59 Å². The summed E-state index contributed by atoms with van der Waals surface area (Å²) < 4.78 is 0. The first-order valence-corrected chi connectivity index (χ1v) is 20.9. The van der Waals surface area contributed by atoms with E-state index in [1.165, 1.54) is 29.3 Å². The van der Waals surface area contributed by atoms with Gasteiger partial charge in [0.1, 0.15) is 0 Å². The number of carbonyl (C=O) groups is 2. The zero-order valence-electron chi connectivity index (χ0n) is 26.8. The monoisotopic (exact) mass is 740 g/mol. The summed E-state index contributed by atoms with van der Waals surface area (Å²) in [5, 5.41) is 4.21. The molecule has 0 N–H and O–H groups in total. The van der Waals surface area contributed by atoms with Crippen LogP contribution in [-0.2, 0) is 9.59 Å². The van der Waals surface area contributed by atoms with Gasteiger partial charge in [0.05, 0.1) is 32.3 Å². The predicted octanol–water partition coefficient (Wildman–Crippen LogP) is 11.8. The lowest BCUT2D eigenvalue weighted by Gasteiger charge is -2.26. The van der Waals surface area contributed by atoms with E-state index >= 15 is 0 Å². The first-order valence-electron chi connectivity index (χ1n) is 15.9. The maximum Gasteiger partial charge on any atom is 0.261 e. The van der Waals surface area contributed by atoms with Crippen molar-refractivity contribution in [2.45, 2.75) is 27.7 Å². The van der Waals surface area contributed by atoms with Crippen LogP contribution in [0.3, 0.4) is 0 Å². The van der Waals surface area contributed by atoms with Gasteiger partial charge in [-0.2, -0.15) is 0 Å². The zero-order chi connectivity index (χ0) is 33.1. The summed E-state index contributed by atoms with van der Waals surface area (Å²) in [7, 11) is 0. The van der Waals surface area contributed by atoms with Crippen LogP contribution in [-0.4, -0.2) is 34.7 Å². The van der Waals surface area contributed by atoms with Gasteiger partial charge in [0.2, 0.25) is 0 Å². The Morgan fingerprint density at radius 3 is 1.08 bits per heavy atom. The van der Waals surface area contributed by atoms with Crippen molar-refractivity contribution in [3.05, 3.63) is 104 Å². The van der Waals surface area contributed by atoms with Gasteiger partial charge < -0.3 is 9.80 Å². The van der Waals surface area contributed by atoms with Crippen molar-refractivity contribution in [3.63, 3.8) is 0 Å². The number of fused-ring (bicyclic) bond motifs is 1. The third kappa shape index (κ3) is 5.62. The van der Waals surface area contributed by atoms with E-state index < -0.39 is 0 Å². The number of hydrogen-bond acceptors (Lipinski definition) is 8. The quantitative estimate of drug-likeness (QED) is 0.140. The first kappa shape index (κ1) is 31.9. The van der Waals surface area contributed by atoms with Crippen molar-refractivity contribution in [3.8, 4) is 39.0 Å². The summed E-state index contributed by atoms with van der Waals surface area (Å²) in [5.41, 5.74) is 2.64. The van der Waals surface area contributed by atoms with E-state index in [9.17, 15) is 9.59 Å². The standard InChI is InChI=1S/C38H32N2O2S6/c1-21(2)19-39-35(31-15-13-29(47-31)27-11-9-25(45-27)23-7-5-17-43-23)33-34(37(39)41)36(40(38(33)42)20-22(3)4)32-16-14-30(48-32)28-12-10-26(46-28)24-8-6-18-44-24/h5-18,21-22H,19-20H2,1-4H3. The molecule has 2 amide bonds. The van der Waals surface area contributed by atoms with Crippen LogP contribution in [0.2, 0.25) is 0 Å². The Morgan fingerprint density at radius 2 is 0.771 bits per heavy atom. The Balaban J connectivity index is 1.23. The van der Waals surface area contributed by atoms with Crippen LogP contribution in [0.15, 0.2) is 94.7 Å². The summed E-state index contributed by atoms with van der Waals surface area (Å²) in [4.78, 5) is 44.5. The highest BCUT2D eigenvalue weighted by Gasteiger charge is 2.49. The van der Waals surface area contributed by atoms with E-state index in [-0.39, 0.29) is 23.7 Å². The van der Waals surface area contributed by atoms with Gasteiger partial charge in [0, 0.05) is 52.1 Å². The van der Waals surface area contributed by atoms with Gasteiger partial charge in [0.25, 0.3) is 11.8 Å². The minimum Gasteiger partial charge on any atom is -0.306 e. The van der Waals surface area contributed by atoms with E-state index in [0.29, 0.717) is 24.2 Å². The topological polar surface area (TPSA) is 40.6 Å². The molecule has 0 aliphatic carbocycles. The van der Waals surface area contributed by atoms with Crippen molar-refractivity contribution in [1.82, 2.24) is 9.80 Å². The van der Waals surface area contributed by atoms with Gasteiger partial charge in [-0.1, -0.05) is 39.8 Å². The van der Waals surface area contributed by atoms with Crippen LogP contribution in [0.1, 0.15) is 37.4 Å². The molecule has 4 nitrogen and oxygen atoms in total. The largest absolute Gasteiger partial charge is 0.306 e. The fourth-order valence-corrected chi connectivity index (χ4v) is 12.2. The third-order valence-corrected chi connectivity index (χ3v) is 15.1. The molecule has 0 fully saturated rings. The molecule has 242 valence electrons. The molecule has 2 aliphatic heterocycles. The highest BCUT2D eigenvalue weighted by Crippen LogP contribution is 2.51. The fraction of sp³-hybridized carbons (Fsp3) is 0.211. The fourth-order valence-electron chi connectivity index (χ4n) is 6.23. The highest BCUT2D eigenvalue weighted by atomic mass is 32.1. The molecule has 0 saturated heterocycles. The van der Waals surface area contributed by atoms with Gasteiger partial charge in [-0.15, -0.1) is 68.0 Å². The molecule has 0 saturated carbocycles. The van der Waals surface area contributed by atoms with Gasteiger partial charge in [-0.05, 0) is 83.3 Å². The van der Waals surface area contributed by atoms with Crippen LogP contribution >= 0.6 is 68.0 Å². The van der Waals surface area contributed by atoms with Gasteiger partial charge >= 0.3 is 0 Å². The molecule has 6 aromatic rings. The summed E-state index contributed by atoms with van der Waals surface area (Å²) in [6.45, 7) is 9.61. The predicted molar refractivity (Wildman–Crippen MR) is 209 cm³/mol. The molecule has 6 aromatic heterocycles. The molecule has 48 heavy (non-hydrogen) atoms. The molecule has 8 heterocycles. The number of rotatable bonds is 10. The van der Waals surface area contributed by atoms with Crippen LogP contribution < -0.4 is 0 Å². The number of carbonyl (C=O) groups excluding carboxylic acids is 2. The lowest BCUT2D eigenvalue weighted by atomic mass is 10.1. The molecule has 8 rings (SSSR count). The molecule has 0 unspecified atom stereocenters. The van der Waals surface area contributed by atoms with Gasteiger partial charge in [-0.3, -0.25) is 9.59 Å². The SMILES string of the molecule is CC(C)CN1C(=O)C2=C(c3ccc(-c4ccc(-c5cccs5)s4)s3)N(CC(C)C)C(=O)C2=C1c1ccc(-c2ccc(-c3cccs3)s2)s1. The average molecular weight is 741 g/mol. The van der Waals surface area contributed by atoms with Gasteiger partial charge in [-0.25, -0.2) is 0 Å². The highest BCUT2D eigenvalue weighted by molar-refractivity contribution is 7.27. The number of thiophene rings is 6. The van der Waals surface area contributed by atoms with Crippen LogP contribution in [0.4, 0.5) is 0 Å². The summed E-state index contributed by atoms with van der Waals surface area (Å²) in [5.74, 6) is 0.342. The Hall–Kier alpha value is -3.38. The second kappa shape index (κ2) is 12.8.